The van der Waals surface area contributed by atoms with Crippen LogP contribution in [-0.2, 0) is 0 Å². The molecule has 112 valence electrons. The number of halogens is 1. The van der Waals surface area contributed by atoms with Crippen LogP contribution in [0.1, 0.15) is 28.8 Å². The van der Waals surface area contributed by atoms with Crippen molar-refractivity contribution in [3.05, 3.63) is 35.1 Å². The van der Waals surface area contributed by atoms with Gasteiger partial charge in [0.1, 0.15) is 5.82 Å². The quantitative estimate of drug-likeness (QED) is 0.851. The molecular weight excluding hydrogens is 289 g/mol. The van der Waals surface area contributed by atoms with Crippen LogP contribution >= 0.6 is 11.8 Å². The molecule has 1 N–H and O–H groups in total. The van der Waals surface area contributed by atoms with E-state index < -0.39 is 5.82 Å². The average molecular weight is 307 g/mol. The minimum atomic E-state index is -0.490. The number of amides is 1. The van der Waals surface area contributed by atoms with E-state index in [-0.39, 0.29) is 18.1 Å². The molecule has 0 aliphatic carbocycles. The van der Waals surface area contributed by atoms with Crippen molar-refractivity contribution >= 4 is 17.7 Å². The van der Waals surface area contributed by atoms with Gasteiger partial charge in [-0.2, -0.15) is 11.8 Å². The molecule has 5 heteroatoms. The third kappa shape index (κ3) is 4.48. The Labute approximate surface area is 128 Å². The van der Waals surface area contributed by atoms with E-state index in [0.717, 1.165) is 24.5 Å². The Morgan fingerprint density at radius 2 is 2.24 bits per heavy atom. The summed E-state index contributed by atoms with van der Waals surface area (Å²) in [6, 6.07) is 4.40. The Kier molecular flexibility index (Phi) is 6.09. The van der Waals surface area contributed by atoms with Crippen molar-refractivity contribution < 1.29 is 14.3 Å². The van der Waals surface area contributed by atoms with Gasteiger partial charge in [0.25, 0.3) is 5.91 Å². The summed E-state index contributed by atoms with van der Waals surface area (Å²) in [7, 11) is 0. The molecule has 0 bridgehead atoms. The molecular formula is C16H18FNO2S. The van der Waals surface area contributed by atoms with Crippen LogP contribution < -0.4 is 0 Å². The van der Waals surface area contributed by atoms with Crippen molar-refractivity contribution in [1.82, 2.24) is 4.90 Å². The SMILES string of the molecule is O=C(c1ccc(C#CCCO)c(F)c1)N1CCCSCC1. The third-order valence-electron chi connectivity index (χ3n) is 3.19. The van der Waals surface area contributed by atoms with Crippen molar-refractivity contribution in [3.63, 3.8) is 0 Å². The molecule has 21 heavy (non-hydrogen) atoms. The maximum Gasteiger partial charge on any atom is 0.253 e. The average Bonchev–Trinajstić information content (AvgIpc) is 2.77. The number of carbonyl (C=O) groups is 1. The molecule has 0 atom stereocenters. The Morgan fingerprint density at radius 3 is 3.00 bits per heavy atom. The molecule has 0 unspecified atom stereocenters. The van der Waals surface area contributed by atoms with Crippen LogP contribution in [0.15, 0.2) is 18.2 Å². The first-order valence-electron chi connectivity index (χ1n) is 6.98. The molecule has 0 spiro atoms. The predicted octanol–water partition coefficient (Wildman–Crippen LogP) is 2.14. The van der Waals surface area contributed by atoms with Crippen LogP contribution in [-0.4, -0.2) is 47.1 Å². The van der Waals surface area contributed by atoms with Crippen molar-refractivity contribution in [2.24, 2.45) is 0 Å². The van der Waals surface area contributed by atoms with E-state index in [1.54, 1.807) is 11.0 Å². The van der Waals surface area contributed by atoms with Crippen molar-refractivity contribution in [3.8, 4) is 11.8 Å². The molecule has 1 fully saturated rings. The van der Waals surface area contributed by atoms with Gasteiger partial charge in [-0.1, -0.05) is 11.8 Å². The minimum absolute atomic E-state index is 0.0435. The van der Waals surface area contributed by atoms with Crippen LogP contribution in [0.4, 0.5) is 4.39 Å². The maximum atomic E-state index is 13.9. The molecule has 1 amide bonds. The highest BCUT2D eigenvalue weighted by molar-refractivity contribution is 7.99. The standard InChI is InChI=1S/C16H18FNO2S/c17-15-12-14(6-5-13(15)4-1-2-9-19)16(20)18-7-3-10-21-11-8-18/h5-6,12,19H,2-3,7-11H2. The summed E-state index contributed by atoms with van der Waals surface area (Å²) in [5, 5.41) is 8.65. The van der Waals surface area contributed by atoms with E-state index in [0.29, 0.717) is 18.5 Å². The monoisotopic (exact) mass is 307 g/mol. The second-order valence-electron chi connectivity index (χ2n) is 4.73. The Balaban J connectivity index is 2.12. The van der Waals surface area contributed by atoms with E-state index in [9.17, 15) is 9.18 Å². The first kappa shape index (κ1) is 15.9. The molecule has 1 saturated heterocycles. The second kappa shape index (κ2) is 8.06. The highest BCUT2D eigenvalue weighted by atomic mass is 32.2. The maximum absolute atomic E-state index is 13.9. The molecule has 3 nitrogen and oxygen atoms in total. The third-order valence-corrected chi connectivity index (χ3v) is 4.23. The van der Waals surface area contributed by atoms with Crippen LogP contribution in [0.5, 0.6) is 0 Å². The molecule has 1 aliphatic heterocycles. The van der Waals surface area contributed by atoms with Crippen LogP contribution in [0.2, 0.25) is 0 Å². The van der Waals surface area contributed by atoms with Gasteiger partial charge in [-0.3, -0.25) is 4.79 Å². The fourth-order valence-electron chi connectivity index (χ4n) is 2.09. The summed E-state index contributed by atoms with van der Waals surface area (Å²) < 4.78 is 13.9. The zero-order valence-corrected chi connectivity index (χ0v) is 12.6. The molecule has 2 rings (SSSR count). The first-order chi connectivity index (χ1) is 10.2. The van der Waals surface area contributed by atoms with Crippen LogP contribution in [0, 0.1) is 17.7 Å². The highest BCUT2D eigenvalue weighted by Crippen LogP contribution is 2.15. The fourth-order valence-corrected chi connectivity index (χ4v) is 2.98. The van der Waals surface area contributed by atoms with Gasteiger partial charge in [-0.15, -0.1) is 0 Å². The number of aliphatic hydroxyl groups is 1. The van der Waals surface area contributed by atoms with E-state index in [1.807, 2.05) is 11.8 Å². The molecule has 1 aromatic rings. The van der Waals surface area contributed by atoms with Gasteiger partial charge < -0.3 is 10.0 Å². The second-order valence-corrected chi connectivity index (χ2v) is 5.95. The van der Waals surface area contributed by atoms with E-state index in [4.69, 9.17) is 5.11 Å². The zero-order valence-electron chi connectivity index (χ0n) is 11.8. The number of rotatable bonds is 2. The molecule has 0 aromatic heterocycles. The lowest BCUT2D eigenvalue weighted by Crippen LogP contribution is -2.33. The van der Waals surface area contributed by atoms with E-state index in [1.165, 1.54) is 12.1 Å². The molecule has 1 aliphatic rings. The van der Waals surface area contributed by atoms with Crippen molar-refractivity contribution in [1.29, 1.82) is 0 Å². The summed E-state index contributed by atoms with van der Waals surface area (Å²) in [5.74, 6) is 6.72. The fraction of sp³-hybridized carbons (Fsp3) is 0.438. The molecule has 0 radical (unpaired) electrons. The Morgan fingerprint density at radius 1 is 1.38 bits per heavy atom. The van der Waals surface area contributed by atoms with Gasteiger partial charge in [0, 0.05) is 30.8 Å². The van der Waals surface area contributed by atoms with Gasteiger partial charge in [-0.25, -0.2) is 4.39 Å². The van der Waals surface area contributed by atoms with Gasteiger partial charge in [0.05, 0.1) is 12.2 Å². The first-order valence-corrected chi connectivity index (χ1v) is 8.14. The summed E-state index contributed by atoms with van der Waals surface area (Å²) >= 11 is 1.84. The number of thioether (sulfide) groups is 1. The molecule has 0 saturated carbocycles. The normalized spacial score (nSPS) is 15.0. The molecule has 1 heterocycles. The molecule has 1 aromatic carbocycles. The highest BCUT2D eigenvalue weighted by Gasteiger charge is 2.18. The number of benzene rings is 1. The predicted molar refractivity (Wildman–Crippen MR) is 82.8 cm³/mol. The number of hydrogen-bond donors (Lipinski definition) is 1. The number of hydrogen-bond acceptors (Lipinski definition) is 3. The zero-order chi connectivity index (χ0) is 15.1. The van der Waals surface area contributed by atoms with Gasteiger partial charge >= 0.3 is 0 Å². The van der Waals surface area contributed by atoms with E-state index >= 15 is 0 Å². The van der Waals surface area contributed by atoms with Crippen LogP contribution in [0.3, 0.4) is 0 Å². The minimum Gasteiger partial charge on any atom is -0.395 e. The number of nitrogens with zero attached hydrogens (tertiary/aromatic N) is 1. The lowest BCUT2D eigenvalue weighted by Gasteiger charge is -2.20. The number of aliphatic hydroxyl groups excluding tert-OH is 1. The smallest absolute Gasteiger partial charge is 0.253 e. The lowest BCUT2D eigenvalue weighted by atomic mass is 10.1. The summed E-state index contributed by atoms with van der Waals surface area (Å²) in [6.07, 6.45) is 1.29. The lowest BCUT2D eigenvalue weighted by molar-refractivity contribution is 0.0768. The number of carbonyl (C=O) groups excluding carboxylic acids is 1. The largest absolute Gasteiger partial charge is 0.395 e. The topological polar surface area (TPSA) is 40.5 Å². The summed E-state index contributed by atoms with van der Waals surface area (Å²) in [6.45, 7) is 1.40. The Bertz CT molecular complexity index is 557. The van der Waals surface area contributed by atoms with Crippen molar-refractivity contribution in [2.75, 3.05) is 31.2 Å². The van der Waals surface area contributed by atoms with Gasteiger partial charge in [0.2, 0.25) is 0 Å². The van der Waals surface area contributed by atoms with Gasteiger partial charge in [-0.05, 0) is 30.4 Å². The summed E-state index contributed by atoms with van der Waals surface area (Å²) in [5.41, 5.74) is 0.624. The Hall–Kier alpha value is -1.51. The van der Waals surface area contributed by atoms with Crippen LogP contribution in [0.25, 0.3) is 0 Å². The van der Waals surface area contributed by atoms with Crippen molar-refractivity contribution in [2.45, 2.75) is 12.8 Å². The van der Waals surface area contributed by atoms with E-state index in [2.05, 4.69) is 11.8 Å². The summed E-state index contributed by atoms with van der Waals surface area (Å²) in [4.78, 5) is 14.1. The van der Waals surface area contributed by atoms with Gasteiger partial charge in [0.15, 0.2) is 0 Å².